The standard InChI is InChI=1S/C26H12N2O6.C10H4Cl2O2.C8H5NO2.C2H3N.K/c29-21-13-7-1-2-8-14(13)22(30)20(28-25(33)17-11-5-6-12-18(17)26(28)34)19(21)27-23(31)15-9-3-4-10-16(15)24(27)32;11-7-8(12)10(14)6-4-2-1-3-5(6)9(7)13;10-7-5-3-1-2-4-6(5)8(11)9-7;1-2-3;/h1-12H;1-4H;1-4H,(H,9,10,11);1H3;/q;;;;+1/p-1. The monoisotopic (exact) mass is 900 g/mol. The van der Waals surface area contributed by atoms with Crippen molar-refractivity contribution < 1.29 is 99.3 Å². The normalized spacial score (nSPS) is 15.3. The van der Waals surface area contributed by atoms with Gasteiger partial charge in [-0.15, -0.1) is 0 Å². The number of hydrogen-bond acceptors (Lipinski definition) is 11. The molecule has 5 aromatic rings. The smallest absolute Gasteiger partial charge is 0.587 e. The van der Waals surface area contributed by atoms with Gasteiger partial charge in [-0.2, -0.15) is 5.26 Å². The predicted octanol–water partition coefficient (Wildman–Crippen LogP) is 4.51. The van der Waals surface area contributed by atoms with Crippen LogP contribution in [0.2, 0.25) is 0 Å². The number of hydrogen-bond donors (Lipinski definition) is 0. The van der Waals surface area contributed by atoms with Crippen molar-refractivity contribution in [2.75, 3.05) is 0 Å². The molecule has 2 aliphatic carbocycles. The van der Waals surface area contributed by atoms with E-state index in [-0.39, 0.29) is 94.8 Å². The largest absolute Gasteiger partial charge is 1.00 e. The molecule has 5 aliphatic rings. The Balaban J connectivity index is 0.000000186. The molecule has 0 saturated heterocycles. The molecule has 0 saturated carbocycles. The Hall–Kier alpha value is -6.61. The Bertz CT molecular complexity index is 2800. The molecule has 0 spiro atoms. The summed E-state index contributed by atoms with van der Waals surface area (Å²) in [6.45, 7) is 1.43. The zero-order valence-electron chi connectivity index (χ0n) is 32.7. The number of nitrogens with zero attached hydrogens (tertiary/aromatic N) is 4. The van der Waals surface area contributed by atoms with Crippen molar-refractivity contribution in [2.45, 2.75) is 6.92 Å². The summed E-state index contributed by atoms with van der Waals surface area (Å²) < 4.78 is 0. The number of rotatable bonds is 2. The molecule has 0 N–H and O–H groups in total. The maximum atomic E-state index is 13.6. The minimum Gasteiger partial charge on any atom is -0.587 e. The van der Waals surface area contributed by atoms with Gasteiger partial charge in [0.05, 0.1) is 40.1 Å². The summed E-state index contributed by atoms with van der Waals surface area (Å²) in [7, 11) is 0. The van der Waals surface area contributed by atoms with Crippen LogP contribution in [-0.4, -0.2) is 68.4 Å². The van der Waals surface area contributed by atoms with E-state index in [4.69, 9.17) is 28.5 Å². The van der Waals surface area contributed by atoms with Gasteiger partial charge in [0.15, 0.2) is 0 Å². The summed E-state index contributed by atoms with van der Waals surface area (Å²) in [6, 6.07) is 32.7. The van der Waals surface area contributed by atoms with Crippen LogP contribution >= 0.6 is 23.2 Å². The van der Waals surface area contributed by atoms with E-state index >= 15 is 0 Å². The molecule has 17 heteroatoms. The first-order valence-electron chi connectivity index (χ1n) is 18.1. The Labute approximate surface area is 409 Å². The van der Waals surface area contributed by atoms with E-state index in [1.54, 1.807) is 78.9 Å². The van der Waals surface area contributed by atoms with Crippen molar-refractivity contribution >= 4 is 81.8 Å². The number of halogens is 2. The maximum absolute atomic E-state index is 13.6. The zero-order valence-corrected chi connectivity index (χ0v) is 37.3. The third-order valence-electron chi connectivity index (χ3n) is 9.70. The second-order valence-corrected chi connectivity index (χ2v) is 14.0. The van der Waals surface area contributed by atoms with Gasteiger partial charge in [0.1, 0.15) is 21.5 Å². The van der Waals surface area contributed by atoms with Crippen molar-refractivity contribution in [2.24, 2.45) is 0 Å². The van der Waals surface area contributed by atoms with E-state index in [9.17, 15) is 47.9 Å². The quantitative estimate of drug-likeness (QED) is 0.177. The molecule has 0 atom stereocenters. The van der Waals surface area contributed by atoms with E-state index < -0.39 is 70.0 Å². The predicted molar refractivity (Wildman–Crippen MR) is 220 cm³/mol. The Morgan fingerprint density at radius 3 is 0.857 bits per heavy atom. The van der Waals surface area contributed by atoms with Crippen LogP contribution in [0, 0.1) is 11.3 Å². The summed E-state index contributed by atoms with van der Waals surface area (Å²) in [6.07, 6.45) is 0. The second-order valence-electron chi connectivity index (χ2n) is 13.2. The molecule has 5 aromatic carbocycles. The second kappa shape index (κ2) is 18.8. The van der Waals surface area contributed by atoms with Crippen molar-refractivity contribution in [1.82, 2.24) is 9.80 Å². The number of allylic oxidation sites excluding steroid dienone is 4. The van der Waals surface area contributed by atoms with Crippen LogP contribution in [0.5, 0.6) is 0 Å². The van der Waals surface area contributed by atoms with Gasteiger partial charge in [-0.05, 0) is 24.3 Å². The average molecular weight is 902 g/mol. The molecule has 0 fully saturated rings. The molecule has 14 nitrogen and oxygen atoms in total. The topological polar surface area (TPSA) is 215 Å². The Morgan fingerprint density at radius 1 is 0.397 bits per heavy atom. The molecule has 63 heavy (non-hydrogen) atoms. The molecule has 0 aromatic heterocycles. The van der Waals surface area contributed by atoms with Crippen LogP contribution in [0.3, 0.4) is 0 Å². The van der Waals surface area contributed by atoms with Crippen LogP contribution in [0.1, 0.15) is 111 Å². The van der Waals surface area contributed by atoms with Gasteiger partial charge in [-0.25, -0.2) is 9.80 Å². The first kappa shape index (κ1) is 45.9. The van der Waals surface area contributed by atoms with Gasteiger partial charge < -0.3 is 14.9 Å². The Kier molecular flexibility index (Phi) is 13.7. The third kappa shape index (κ3) is 8.01. The zero-order chi connectivity index (χ0) is 44.6. The summed E-state index contributed by atoms with van der Waals surface area (Å²) in [5.74, 6) is -6.52. The molecular formula is C46H23Cl2KN4O10. The Morgan fingerprint density at radius 2 is 0.603 bits per heavy atom. The van der Waals surface area contributed by atoms with Crippen molar-refractivity contribution in [3.63, 3.8) is 0 Å². The molecule has 6 amide bonds. The van der Waals surface area contributed by atoms with Gasteiger partial charge in [0.2, 0.25) is 23.1 Å². The van der Waals surface area contributed by atoms with E-state index in [0.717, 1.165) is 0 Å². The number of fused-ring (bicyclic) bond motifs is 5. The molecule has 3 heterocycles. The van der Waals surface area contributed by atoms with E-state index in [1.807, 2.05) is 0 Å². The first-order chi connectivity index (χ1) is 29.7. The fraction of sp³-hybridized carbons (Fsp3) is 0.0217. The van der Waals surface area contributed by atoms with Crippen molar-refractivity contribution in [1.29, 1.82) is 5.26 Å². The molecule has 0 unspecified atom stereocenters. The van der Waals surface area contributed by atoms with Gasteiger partial charge in [0, 0.05) is 40.3 Å². The molecule has 0 radical (unpaired) electrons. The van der Waals surface area contributed by atoms with Crippen molar-refractivity contribution in [3.8, 4) is 6.07 Å². The van der Waals surface area contributed by atoms with Crippen molar-refractivity contribution in [3.05, 3.63) is 204 Å². The van der Waals surface area contributed by atoms with E-state index in [1.165, 1.54) is 55.5 Å². The van der Waals surface area contributed by atoms with E-state index in [0.29, 0.717) is 32.1 Å². The van der Waals surface area contributed by atoms with Crippen LogP contribution in [0.15, 0.2) is 143 Å². The molecule has 10 rings (SSSR count). The molecule has 3 aliphatic heterocycles. The third-order valence-corrected chi connectivity index (χ3v) is 10.5. The number of carbonyl (C=O) groups is 10. The number of amides is 6. The number of carbonyl (C=O) groups excluding carboxylic acids is 10. The van der Waals surface area contributed by atoms with Gasteiger partial charge in [0.25, 0.3) is 23.6 Å². The van der Waals surface area contributed by atoms with Crippen LogP contribution in [-0.2, 0) is 0 Å². The van der Waals surface area contributed by atoms with E-state index in [2.05, 4.69) is 5.32 Å². The minimum atomic E-state index is -0.815. The van der Waals surface area contributed by atoms with Gasteiger partial charge >= 0.3 is 51.4 Å². The number of imide groups is 3. The number of Topliss-reactive ketones (excluding diaryl/α,β-unsaturated/α-hetero) is 4. The van der Waals surface area contributed by atoms with Crippen LogP contribution < -0.4 is 51.4 Å². The fourth-order valence-electron chi connectivity index (χ4n) is 6.93. The minimum absolute atomic E-state index is 0. The van der Waals surface area contributed by atoms with Crippen LogP contribution in [0.4, 0.5) is 0 Å². The number of ketones is 4. The first-order valence-corrected chi connectivity index (χ1v) is 18.8. The SMILES string of the molecule is CC#N.O=C1C(Cl)=C(Cl)C(=O)c2ccccc21.O=C1C(N2C(=O)c3ccccc3C2=O)=C(N2C(=O)c3ccccc3C2=O)C(=O)c2ccccc21.O=C1[N-]C(=O)c2ccccc21.[K+]. The molecule has 302 valence electrons. The summed E-state index contributed by atoms with van der Waals surface area (Å²) in [5, 5.41) is 10.2. The molecular weight excluding hydrogens is 879 g/mol. The fourth-order valence-corrected chi connectivity index (χ4v) is 7.31. The number of benzene rings is 5. The summed E-state index contributed by atoms with van der Waals surface area (Å²) >= 11 is 11.2. The summed E-state index contributed by atoms with van der Waals surface area (Å²) in [5.41, 5.74) is 0.407. The summed E-state index contributed by atoms with van der Waals surface area (Å²) in [4.78, 5) is 126. The van der Waals surface area contributed by atoms with Crippen LogP contribution in [0.25, 0.3) is 5.32 Å². The average Bonchev–Trinajstić information content (AvgIpc) is 3.83. The maximum Gasteiger partial charge on any atom is 1.00 e. The number of nitriles is 1. The van der Waals surface area contributed by atoms with Gasteiger partial charge in [-0.1, -0.05) is 120 Å². The molecule has 0 bridgehead atoms. The van der Waals surface area contributed by atoms with Gasteiger partial charge in [-0.3, -0.25) is 38.4 Å².